The number of carbonyl (C=O) groups is 2. The third-order valence-corrected chi connectivity index (χ3v) is 4.95. The van der Waals surface area contributed by atoms with Gasteiger partial charge < -0.3 is 10.6 Å². The molecule has 0 fully saturated rings. The molecule has 0 atom stereocenters. The molecule has 32 heavy (non-hydrogen) atoms. The molecule has 4 rings (SSSR count). The van der Waals surface area contributed by atoms with Crippen LogP contribution in [0.4, 0.5) is 11.4 Å². The van der Waals surface area contributed by atoms with Crippen LogP contribution in [0.3, 0.4) is 0 Å². The number of hydrogen-bond donors (Lipinski definition) is 2. The third-order valence-electron chi connectivity index (χ3n) is 4.95. The van der Waals surface area contributed by atoms with Gasteiger partial charge in [-0.1, -0.05) is 24.3 Å². The molecule has 0 spiro atoms. The molecule has 0 bridgehead atoms. The van der Waals surface area contributed by atoms with Crippen LogP contribution in [0.15, 0.2) is 76.3 Å². The monoisotopic (exact) mass is 429 g/mol. The predicted molar refractivity (Wildman–Crippen MR) is 121 cm³/mol. The molecule has 2 amide bonds. The first-order valence-electron chi connectivity index (χ1n) is 9.70. The zero-order valence-corrected chi connectivity index (χ0v) is 17.3. The molecule has 9 nitrogen and oxygen atoms in total. The Bertz CT molecular complexity index is 1470. The number of nitrogens with zero attached hydrogens (tertiary/aromatic N) is 3. The summed E-state index contributed by atoms with van der Waals surface area (Å²) < 4.78 is 2.20. The Morgan fingerprint density at radius 3 is 2.12 bits per heavy atom. The highest BCUT2D eigenvalue weighted by molar-refractivity contribution is 6.06. The van der Waals surface area contributed by atoms with E-state index in [-0.39, 0.29) is 22.6 Å². The molecule has 0 saturated heterocycles. The minimum atomic E-state index is -0.533. The Balaban J connectivity index is 1.57. The van der Waals surface area contributed by atoms with Crippen molar-refractivity contribution in [3.05, 3.63) is 98.8 Å². The average molecular weight is 429 g/mol. The second kappa shape index (κ2) is 8.31. The lowest BCUT2D eigenvalue weighted by Gasteiger charge is -2.10. The van der Waals surface area contributed by atoms with Crippen LogP contribution in [-0.2, 0) is 14.1 Å². The maximum absolute atomic E-state index is 12.7. The molecule has 2 heterocycles. The molecule has 4 aromatic rings. The zero-order valence-electron chi connectivity index (χ0n) is 17.3. The fraction of sp³-hybridized carbons (Fsp3) is 0.0870. The maximum Gasteiger partial charge on any atom is 0.332 e. The van der Waals surface area contributed by atoms with E-state index in [1.807, 2.05) is 6.07 Å². The quantitative estimate of drug-likeness (QED) is 0.516. The summed E-state index contributed by atoms with van der Waals surface area (Å²) in [7, 11) is 2.87. The minimum absolute atomic E-state index is 0.0412. The van der Waals surface area contributed by atoms with Crippen molar-refractivity contribution in [2.75, 3.05) is 10.6 Å². The number of aryl methyl sites for hydroxylation is 1. The second-order valence-corrected chi connectivity index (χ2v) is 7.13. The number of hydrogen-bond acceptors (Lipinski definition) is 5. The van der Waals surface area contributed by atoms with E-state index in [1.165, 1.54) is 30.8 Å². The normalized spacial score (nSPS) is 10.7. The molecular weight excluding hydrogens is 410 g/mol. The van der Waals surface area contributed by atoms with E-state index >= 15 is 0 Å². The van der Waals surface area contributed by atoms with E-state index in [9.17, 15) is 19.2 Å². The average Bonchev–Trinajstić information content (AvgIpc) is 2.81. The van der Waals surface area contributed by atoms with Gasteiger partial charge >= 0.3 is 5.69 Å². The van der Waals surface area contributed by atoms with Crippen molar-refractivity contribution >= 4 is 34.2 Å². The van der Waals surface area contributed by atoms with Crippen molar-refractivity contribution in [3.8, 4) is 0 Å². The van der Waals surface area contributed by atoms with Gasteiger partial charge in [0.1, 0.15) is 11.3 Å². The first-order valence-corrected chi connectivity index (χ1v) is 9.70. The van der Waals surface area contributed by atoms with E-state index < -0.39 is 17.2 Å². The van der Waals surface area contributed by atoms with E-state index in [4.69, 9.17) is 0 Å². The van der Waals surface area contributed by atoms with Gasteiger partial charge in [0.05, 0.1) is 5.39 Å². The highest BCUT2D eigenvalue weighted by atomic mass is 16.2. The van der Waals surface area contributed by atoms with Crippen LogP contribution in [0.2, 0.25) is 0 Å². The highest BCUT2D eigenvalue weighted by Gasteiger charge is 2.14. The van der Waals surface area contributed by atoms with Crippen LogP contribution >= 0.6 is 0 Å². The van der Waals surface area contributed by atoms with E-state index in [0.717, 1.165) is 4.57 Å². The largest absolute Gasteiger partial charge is 0.332 e. The number of aromatic nitrogens is 3. The van der Waals surface area contributed by atoms with Crippen molar-refractivity contribution in [2.24, 2.45) is 14.1 Å². The molecule has 0 aliphatic rings. The zero-order chi connectivity index (χ0) is 22.8. The molecule has 2 N–H and O–H groups in total. The van der Waals surface area contributed by atoms with Gasteiger partial charge in [0.2, 0.25) is 0 Å². The summed E-state index contributed by atoms with van der Waals surface area (Å²) in [4.78, 5) is 53.7. The molecule has 0 aliphatic carbocycles. The van der Waals surface area contributed by atoms with Crippen molar-refractivity contribution in [1.29, 1.82) is 0 Å². The first-order chi connectivity index (χ1) is 15.3. The summed E-state index contributed by atoms with van der Waals surface area (Å²) in [6.07, 6.45) is 0. The molecule has 9 heteroatoms. The number of fused-ring (bicyclic) bond motifs is 1. The van der Waals surface area contributed by atoms with Crippen molar-refractivity contribution < 1.29 is 9.59 Å². The molecular formula is C23H19N5O4. The van der Waals surface area contributed by atoms with Gasteiger partial charge in [0.25, 0.3) is 17.4 Å². The summed E-state index contributed by atoms with van der Waals surface area (Å²) in [5, 5.41) is 5.73. The van der Waals surface area contributed by atoms with Gasteiger partial charge in [-0.05, 0) is 42.5 Å². The Kier molecular flexibility index (Phi) is 5.38. The molecule has 2 aromatic heterocycles. The predicted octanol–water partition coefficient (Wildman–Crippen LogP) is 2.14. The number of benzene rings is 2. The Hall–Kier alpha value is -4.53. The van der Waals surface area contributed by atoms with Crippen LogP contribution in [0, 0.1) is 0 Å². The van der Waals surface area contributed by atoms with Gasteiger partial charge in [-0.2, -0.15) is 0 Å². The van der Waals surface area contributed by atoms with Crippen LogP contribution in [0.25, 0.3) is 11.0 Å². The van der Waals surface area contributed by atoms with Crippen LogP contribution in [0.1, 0.15) is 20.8 Å². The summed E-state index contributed by atoms with van der Waals surface area (Å²) in [6.45, 7) is 0. The molecule has 0 radical (unpaired) electrons. The van der Waals surface area contributed by atoms with Gasteiger partial charge in [0.15, 0.2) is 0 Å². The summed E-state index contributed by atoms with van der Waals surface area (Å²) in [5.41, 5.74) is 0.613. The van der Waals surface area contributed by atoms with E-state index in [1.54, 1.807) is 48.5 Å². The lowest BCUT2D eigenvalue weighted by Crippen LogP contribution is -2.37. The number of amides is 2. The summed E-state index contributed by atoms with van der Waals surface area (Å²) >= 11 is 0. The topological polar surface area (TPSA) is 115 Å². The second-order valence-electron chi connectivity index (χ2n) is 7.13. The Morgan fingerprint density at radius 2 is 1.44 bits per heavy atom. The number of carbonyl (C=O) groups excluding carboxylic acids is 2. The standard InChI is InChI=1S/C23H19N5O4/c1-27-19-17(22(31)28(2)23(27)32)11-12-18(26-19)21(30)25-16-10-6-9-15(13-16)24-20(29)14-7-4-3-5-8-14/h3-13H,1-2H3,(H,24,29)(H,25,30). The lowest BCUT2D eigenvalue weighted by atomic mass is 10.2. The Morgan fingerprint density at radius 1 is 0.781 bits per heavy atom. The van der Waals surface area contributed by atoms with Crippen LogP contribution < -0.4 is 21.9 Å². The number of anilines is 2. The summed E-state index contributed by atoms with van der Waals surface area (Å²) in [6, 6.07) is 18.3. The SMILES string of the molecule is Cn1c(=O)c2ccc(C(=O)Nc3cccc(NC(=O)c4ccccc4)c3)nc2n(C)c1=O. The van der Waals surface area contributed by atoms with Gasteiger partial charge in [-0.15, -0.1) is 0 Å². The van der Waals surface area contributed by atoms with Crippen molar-refractivity contribution in [2.45, 2.75) is 0 Å². The smallest absolute Gasteiger partial charge is 0.322 e. The molecule has 0 saturated carbocycles. The van der Waals surface area contributed by atoms with Gasteiger partial charge in [0, 0.05) is 31.0 Å². The molecule has 0 aliphatic heterocycles. The maximum atomic E-state index is 12.7. The van der Waals surface area contributed by atoms with Gasteiger partial charge in [-0.3, -0.25) is 23.5 Å². The fourth-order valence-corrected chi connectivity index (χ4v) is 3.24. The first kappa shape index (κ1) is 20.7. The molecule has 160 valence electrons. The number of pyridine rings is 1. The number of rotatable bonds is 4. The minimum Gasteiger partial charge on any atom is -0.322 e. The fourth-order valence-electron chi connectivity index (χ4n) is 3.24. The summed E-state index contributed by atoms with van der Waals surface area (Å²) in [5.74, 6) is -0.792. The van der Waals surface area contributed by atoms with Crippen molar-refractivity contribution in [1.82, 2.24) is 14.1 Å². The van der Waals surface area contributed by atoms with Crippen LogP contribution in [-0.4, -0.2) is 25.9 Å². The molecule has 0 unspecified atom stereocenters. The van der Waals surface area contributed by atoms with E-state index in [2.05, 4.69) is 15.6 Å². The Labute approximate surface area is 182 Å². The molecule has 2 aromatic carbocycles. The third kappa shape index (κ3) is 3.91. The van der Waals surface area contributed by atoms with Gasteiger partial charge in [-0.25, -0.2) is 9.78 Å². The van der Waals surface area contributed by atoms with Crippen LogP contribution in [0.5, 0.6) is 0 Å². The van der Waals surface area contributed by atoms with E-state index in [0.29, 0.717) is 16.9 Å². The highest BCUT2D eigenvalue weighted by Crippen LogP contribution is 2.17. The lowest BCUT2D eigenvalue weighted by molar-refractivity contribution is 0.101. The number of nitrogens with one attached hydrogen (secondary N) is 2. The van der Waals surface area contributed by atoms with Crippen molar-refractivity contribution in [3.63, 3.8) is 0 Å².